The molecule has 0 bridgehead atoms. The Morgan fingerprint density at radius 3 is 2.37 bits per heavy atom. The van der Waals surface area contributed by atoms with Crippen molar-refractivity contribution >= 4 is 11.8 Å². The van der Waals surface area contributed by atoms with Crippen LogP contribution >= 0.6 is 0 Å². The summed E-state index contributed by atoms with van der Waals surface area (Å²) in [5, 5.41) is 5.43. The third-order valence-corrected chi connectivity index (χ3v) is 2.60. The van der Waals surface area contributed by atoms with Gasteiger partial charge in [-0.15, -0.1) is 0 Å². The van der Waals surface area contributed by atoms with Gasteiger partial charge in [-0.3, -0.25) is 9.59 Å². The molecule has 104 valence electrons. The van der Waals surface area contributed by atoms with Crippen molar-refractivity contribution < 1.29 is 14.0 Å². The van der Waals surface area contributed by atoms with E-state index in [0.29, 0.717) is 32.4 Å². The fourth-order valence-electron chi connectivity index (χ4n) is 1.58. The van der Waals surface area contributed by atoms with Gasteiger partial charge in [0.05, 0.1) is 0 Å². The van der Waals surface area contributed by atoms with E-state index in [1.807, 2.05) is 0 Å². The number of nitrogens with one attached hydrogen (secondary N) is 2. The number of carbonyl (C=O) groups is 2. The summed E-state index contributed by atoms with van der Waals surface area (Å²) in [5.41, 5.74) is 0.940. The van der Waals surface area contributed by atoms with E-state index in [2.05, 4.69) is 10.6 Å². The van der Waals surface area contributed by atoms with Crippen LogP contribution < -0.4 is 10.6 Å². The molecule has 0 heterocycles. The van der Waals surface area contributed by atoms with Crippen molar-refractivity contribution in [3.8, 4) is 0 Å². The molecule has 0 aliphatic carbocycles. The minimum atomic E-state index is -0.272. The highest BCUT2D eigenvalue weighted by molar-refractivity contribution is 5.76. The highest BCUT2D eigenvalue weighted by atomic mass is 19.1. The number of halogens is 1. The zero-order chi connectivity index (χ0) is 14.1. The first-order chi connectivity index (χ1) is 9.08. The zero-order valence-electron chi connectivity index (χ0n) is 11.0. The number of amides is 2. The largest absolute Gasteiger partial charge is 0.356 e. The van der Waals surface area contributed by atoms with Crippen LogP contribution in [0.1, 0.15) is 25.3 Å². The molecule has 0 aliphatic rings. The molecule has 19 heavy (non-hydrogen) atoms. The lowest BCUT2D eigenvalue weighted by molar-refractivity contribution is -0.121. The molecule has 0 aliphatic heterocycles. The average molecular weight is 266 g/mol. The van der Waals surface area contributed by atoms with E-state index in [-0.39, 0.29) is 17.6 Å². The van der Waals surface area contributed by atoms with Crippen molar-refractivity contribution in [2.24, 2.45) is 0 Å². The standard InChI is InChI=1S/C14H19FN2O2/c1-11(18)16-9-2-10-17-14(19)8-5-12-3-6-13(15)7-4-12/h3-4,6-7H,2,5,8-10H2,1H3,(H,16,18)(H,17,19). The van der Waals surface area contributed by atoms with Crippen LogP contribution in [0, 0.1) is 5.82 Å². The van der Waals surface area contributed by atoms with Gasteiger partial charge in [-0.2, -0.15) is 0 Å². The average Bonchev–Trinajstić information content (AvgIpc) is 2.37. The lowest BCUT2D eigenvalue weighted by Gasteiger charge is -2.05. The molecule has 5 heteroatoms. The molecule has 1 aromatic rings. The molecule has 0 unspecified atom stereocenters. The second kappa shape index (κ2) is 8.24. The maximum atomic E-state index is 12.7. The molecular weight excluding hydrogens is 247 g/mol. The van der Waals surface area contributed by atoms with E-state index in [0.717, 1.165) is 5.56 Å². The zero-order valence-corrected chi connectivity index (χ0v) is 11.0. The molecule has 1 rings (SSSR count). The minimum Gasteiger partial charge on any atom is -0.356 e. The molecule has 0 atom stereocenters. The molecule has 0 spiro atoms. The Balaban J connectivity index is 2.11. The minimum absolute atomic E-state index is 0.0350. The summed E-state index contributed by atoms with van der Waals surface area (Å²) >= 11 is 0. The first kappa shape index (κ1) is 15.1. The van der Waals surface area contributed by atoms with Gasteiger partial charge < -0.3 is 10.6 Å². The van der Waals surface area contributed by atoms with Crippen molar-refractivity contribution in [3.63, 3.8) is 0 Å². The fourth-order valence-corrected chi connectivity index (χ4v) is 1.58. The molecule has 0 saturated heterocycles. The Morgan fingerprint density at radius 2 is 1.74 bits per heavy atom. The Hall–Kier alpha value is -1.91. The predicted octanol–water partition coefficient (Wildman–Crippen LogP) is 1.40. The summed E-state index contributed by atoms with van der Waals surface area (Å²) in [6, 6.07) is 6.14. The summed E-state index contributed by atoms with van der Waals surface area (Å²) in [4.78, 5) is 22.1. The van der Waals surface area contributed by atoms with Crippen molar-refractivity contribution in [1.82, 2.24) is 10.6 Å². The number of rotatable bonds is 7. The summed E-state index contributed by atoms with van der Waals surface area (Å²) in [7, 11) is 0. The first-order valence-electron chi connectivity index (χ1n) is 6.33. The van der Waals surface area contributed by atoms with Gasteiger partial charge >= 0.3 is 0 Å². The lowest BCUT2D eigenvalue weighted by Crippen LogP contribution is -2.28. The summed E-state index contributed by atoms with van der Waals surface area (Å²) < 4.78 is 12.7. The van der Waals surface area contributed by atoms with Gasteiger partial charge in [0, 0.05) is 26.4 Å². The smallest absolute Gasteiger partial charge is 0.220 e. The fraction of sp³-hybridized carbons (Fsp3) is 0.429. The van der Waals surface area contributed by atoms with Gasteiger partial charge in [0.15, 0.2) is 0 Å². The second-order valence-corrected chi connectivity index (χ2v) is 4.31. The second-order valence-electron chi connectivity index (χ2n) is 4.31. The third kappa shape index (κ3) is 7.18. The maximum Gasteiger partial charge on any atom is 0.220 e. The van der Waals surface area contributed by atoms with Crippen molar-refractivity contribution in [3.05, 3.63) is 35.6 Å². The van der Waals surface area contributed by atoms with Crippen LogP contribution in [-0.4, -0.2) is 24.9 Å². The molecule has 0 saturated carbocycles. The Labute approximate surface area is 112 Å². The summed E-state index contributed by atoms with van der Waals surface area (Å²) in [6.07, 6.45) is 1.69. The van der Waals surface area contributed by atoms with Gasteiger partial charge in [-0.1, -0.05) is 12.1 Å². The van der Waals surface area contributed by atoms with Crippen LogP contribution in [0.5, 0.6) is 0 Å². The van der Waals surface area contributed by atoms with Gasteiger partial charge in [0.1, 0.15) is 5.82 Å². The summed E-state index contributed by atoms with van der Waals surface area (Å²) in [5.74, 6) is -0.374. The van der Waals surface area contributed by atoms with Crippen LogP contribution in [0.15, 0.2) is 24.3 Å². The molecular formula is C14H19FN2O2. The van der Waals surface area contributed by atoms with Gasteiger partial charge in [-0.25, -0.2) is 4.39 Å². The maximum absolute atomic E-state index is 12.7. The lowest BCUT2D eigenvalue weighted by atomic mass is 10.1. The first-order valence-corrected chi connectivity index (χ1v) is 6.33. The highest BCUT2D eigenvalue weighted by Gasteiger charge is 2.02. The molecule has 4 nitrogen and oxygen atoms in total. The van der Waals surface area contributed by atoms with E-state index in [1.165, 1.54) is 19.1 Å². The van der Waals surface area contributed by atoms with Crippen molar-refractivity contribution in [1.29, 1.82) is 0 Å². The van der Waals surface area contributed by atoms with Gasteiger partial charge in [0.2, 0.25) is 11.8 Å². The SMILES string of the molecule is CC(=O)NCCCNC(=O)CCc1ccc(F)cc1. The van der Waals surface area contributed by atoms with Crippen LogP contribution in [0.4, 0.5) is 4.39 Å². The Morgan fingerprint density at radius 1 is 1.11 bits per heavy atom. The molecule has 0 fully saturated rings. The van der Waals surface area contributed by atoms with Crippen LogP contribution in [0.25, 0.3) is 0 Å². The Kier molecular flexibility index (Phi) is 6.57. The van der Waals surface area contributed by atoms with Crippen LogP contribution in [-0.2, 0) is 16.0 Å². The Bertz CT molecular complexity index is 418. The van der Waals surface area contributed by atoms with E-state index in [1.54, 1.807) is 12.1 Å². The number of hydrogen-bond donors (Lipinski definition) is 2. The van der Waals surface area contributed by atoms with Crippen molar-refractivity contribution in [2.45, 2.75) is 26.2 Å². The summed E-state index contributed by atoms with van der Waals surface area (Å²) in [6.45, 7) is 2.57. The molecule has 1 aromatic carbocycles. The van der Waals surface area contributed by atoms with Gasteiger partial charge in [-0.05, 0) is 30.5 Å². The van der Waals surface area contributed by atoms with Crippen molar-refractivity contribution in [2.75, 3.05) is 13.1 Å². The van der Waals surface area contributed by atoms with E-state index >= 15 is 0 Å². The molecule has 2 N–H and O–H groups in total. The monoisotopic (exact) mass is 266 g/mol. The van der Waals surface area contributed by atoms with Gasteiger partial charge in [0.25, 0.3) is 0 Å². The molecule has 2 amide bonds. The number of hydrogen-bond acceptors (Lipinski definition) is 2. The topological polar surface area (TPSA) is 58.2 Å². The number of carbonyl (C=O) groups excluding carboxylic acids is 2. The number of aryl methyl sites for hydroxylation is 1. The molecule has 0 radical (unpaired) electrons. The van der Waals surface area contributed by atoms with E-state index in [4.69, 9.17) is 0 Å². The number of benzene rings is 1. The quantitative estimate of drug-likeness (QED) is 0.733. The van der Waals surface area contributed by atoms with Crippen LogP contribution in [0.2, 0.25) is 0 Å². The van der Waals surface area contributed by atoms with E-state index in [9.17, 15) is 14.0 Å². The third-order valence-electron chi connectivity index (χ3n) is 2.60. The predicted molar refractivity (Wildman–Crippen MR) is 71.0 cm³/mol. The highest BCUT2D eigenvalue weighted by Crippen LogP contribution is 2.05. The van der Waals surface area contributed by atoms with E-state index < -0.39 is 0 Å². The normalized spacial score (nSPS) is 10.0. The van der Waals surface area contributed by atoms with Crippen LogP contribution in [0.3, 0.4) is 0 Å². The molecule has 0 aromatic heterocycles.